The third-order valence-electron chi connectivity index (χ3n) is 2.99. The van der Waals surface area contributed by atoms with E-state index in [1.165, 1.54) is 32.1 Å². The molecule has 0 aliphatic rings. The Morgan fingerprint density at radius 2 is 1.56 bits per heavy atom. The number of hydrogen-bond acceptors (Lipinski definition) is 1. The highest BCUT2D eigenvalue weighted by molar-refractivity contribution is 5.86. The lowest BCUT2D eigenvalue weighted by Crippen LogP contribution is -2.46. The molecule has 0 aliphatic carbocycles. The smallest absolute Gasteiger partial charge is 0.261 e. The molecule has 0 saturated heterocycles. The van der Waals surface area contributed by atoms with Crippen molar-refractivity contribution in [3.8, 4) is 0 Å². The van der Waals surface area contributed by atoms with Crippen molar-refractivity contribution in [3.05, 3.63) is 12.2 Å². The van der Waals surface area contributed by atoms with Crippen LogP contribution in [0.4, 0.5) is 0 Å². The summed E-state index contributed by atoms with van der Waals surface area (Å²) in [6, 6.07) is 0. The number of nitrogens with zero attached hydrogens (tertiary/aromatic N) is 1. The molecule has 0 bridgehead atoms. The first-order valence-electron chi connectivity index (χ1n) is 6.45. The van der Waals surface area contributed by atoms with Gasteiger partial charge in [0.05, 0.1) is 20.6 Å². The van der Waals surface area contributed by atoms with Gasteiger partial charge in [0.2, 0.25) is 0 Å². The number of unbranched alkanes of at least 4 members (excludes halogenated alkanes) is 5. The summed E-state index contributed by atoms with van der Waals surface area (Å²) in [6.45, 7) is 8.68. The van der Waals surface area contributed by atoms with E-state index < -0.39 is 0 Å². The summed E-state index contributed by atoms with van der Waals surface area (Å²) < 4.78 is 0.448. The van der Waals surface area contributed by atoms with Crippen molar-refractivity contribution in [2.45, 2.75) is 52.4 Å². The van der Waals surface area contributed by atoms with E-state index in [1.807, 2.05) is 14.1 Å². The quantitative estimate of drug-likeness (QED) is 0.351. The summed E-state index contributed by atoms with van der Waals surface area (Å²) in [4.78, 5) is 11.8. The number of hydrogen-bond donors (Lipinski definition) is 0. The maximum atomic E-state index is 11.8. The zero-order valence-electron chi connectivity index (χ0n) is 11.5. The molecule has 0 atom stereocenters. The maximum Gasteiger partial charge on any atom is 0.340 e. The van der Waals surface area contributed by atoms with Crippen LogP contribution in [0, 0.1) is 0 Å². The molecule has 0 aromatic heterocycles. The van der Waals surface area contributed by atoms with Gasteiger partial charge in [-0.25, -0.2) is 4.79 Å². The molecular weight excluding hydrogens is 198 g/mol. The van der Waals surface area contributed by atoms with Crippen molar-refractivity contribution in [1.82, 2.24) is 0 Å². The summed E-state index contributed by atoms with van der Waals surface area (Å²) in [5.74, 6) is 0.161. The standard InChI is InChI=1S/C14H28NO/c1-6-7-8-9-10-11-12-15(4,5)14(16)13(2)3/h2,6-12H2,1,3-5H3/q+1. The Morgan fingerprint density at radius 3 is 2.06 bits per heavy atom. The molecule has 94 valence electrons. The topological polar surface area (TPSA) is 17.1 Å². The van der Waals surface area contributed by atoms with Gasteiger partial charge in [0.25, 0.3) is 0 Å². The van der Waals surface area contributed by atoms with Gasteiger partial charge in [-0.1, -0.05) is 39.2 Å². The van der Waals surface area contributed by atoms with Gasteiger partial charge in [-0.3, -0.25) is 4.48 Å². The van der Waals surface area contributed by atoms with Gasteiger partial charge in [-0.15, -0.1) is 0 Å². The van der Waals surface area contributed by atoms with Gasteiger partial charge in [-0.2, -0.15) is 0 Å². The number of carbonyl (C=O) groups excluding carboxylic acids is 1. The van der Waals surface area contributed by atoms with E-state index >= 15 is 0 Å². The summed E-state index contributed by atoms with van der Waals surface area (Å²) in [5.41, 5.74) is 0.663. The van der Waals surface area contributed by atoms with Gasteiger partial charge < -0.3 is 0 Å². The van der Waals surface area contributed by atoms with E-state index in [4.69, 9.17) is 0 Å². The normalized spacial score (nSPS) is 11.5. The molecule has 16 heavy (non-hydrogen) atoms. The van der Waals surface area contributed by atoms with Crippen molar-refractivity contribution in [1.29, 1.82) is 0 Å². The molecule has 0 aliphatic heterocycles. The van der Waals surface area contributed by atoms with Gasteiger partial charge in [0.15, 0.2) is 0 Å². The molecule has 2 nitrogen and oxygen atoms in total. The third kappa shape index (κ3) is 6.06. The minimum absolute atomic E-state index is 0.161. The molecule has 0 heterocycles. The van der Waals surface area contributed by atoms with E-state index in [0.29, 0.717) is 10.1 Å². The van der Waals surface area contributed by atoms with Crippen LogP contribution >= 0.6 is 0 Å². The fourth-order valence-electron chi connectivity index (χ4n) is 1.91. The first kappa shape index (κ1) is 15.4. The van der Waals surface area contributed by atoms with Crippen LogP contribution in [0.1, 0.15) is 52.4 Å². The van der Waals surface area contributed by atoms with Crippen molar-refractivity contribution in [2.75, 3.05) is 20.6 Å². The fourth-order valence-corrected chi connectivity index (χ4v) is 1.91. The molecule has 0 saturated carbocycles. The van der Waals surface area contributed by atoms with Crippen LogP contribution in [0.15, 0.2) is 12.2 Å². The molecule has 0 N–H and O–H groups in total. The van der Waals surface area contributed by atoms with Gasteiger partial charge in [0, 0.05) is 5.57 Å². The van der Waals surface area contributed by atoms with Crippen molar-refractivity contribution in [2.24, 2.45) is 0 Å². The van der Waals surface area contributed by atoms with Crippen molar-refractivity contribution >= 4 is 5.91 Å². The first-order chi connectivity index (χ1) is 7.41. The first-order valence-corrected chi connectivity index (χ1v) is 6.45. The van der Waals surface area contributed by atoms with Crippen LogP contribution in [0.3, 0.4) is 0 Å². The maximum absolute atomic E-state index is 11.8. The molecule has 1 amide bonds. The lowest BCUT2D eigenvalue weighted by molar-refractivity contribution is -0.812. The van der Waals surface area contributed by atoms with E-state index in [9.17, 15) is 4.79 Å². The summed E-state index contributed by atoms with van der Waals surface area (Å²) >= 11 is 0. The fraction of sp³-hybridized carbons (Fsp3) is 0.786. The van der Waals surface area contributed by atoms with Crippen LogP contribution in [0.25, 0.3) is 0 Å². The van der Waals surface area contributed by atoms with Crippen LogP contribution in [0.2, 0.25) is 0 Å². The predicted octanol–water partition coefficient (Wildman–Crippen LogP) is 3.53. The summed E-state index contributed by atoms with van der Waals surface area (Å²) in [6.07, 6.45) is 7.63. The summed E-state index contributed by atoms with van der Waals surface area (Å²) in [7, 11) is 3.95. The van der Waals surface area contributed by atoms with Crippen LogP contribution in [-0.2, 0) is 4.79 Å². The average Bonchev–Trinajstić information content (AvgIpc) is 2.22. The zero-order valence-corrected chi connectivity index (χ0v) is 11.5. The van der Waals surface area contributed by atoms with Crippen LogP contribution in [0.5, 0.6) is 0 Å². The van der Waals surface area contributed by atoms with Crippen molar-refractivity contribution in [3.63, 3.8) is 0 Å². The molecule has 0 radical (unpaired) electrons. The van der Waals surface area contributed by atoms with Crippen LogP contribution < -0.4 is 0 Å². The number of likely N-dealkylation sites (N-methyl/N-ethyl adjacent to an activating group) is 1. The highest BCUT2D eigenvalue weighted by Crippen LogP contribution is 2.10. The molecule has 0 fully saturated rings. The largest absolute Gasteiger partial charge is 0.340 e. The van der Waals surface area contributed by atoms with E-state index in [2.05, 4.69) is 13.5 Å². The number of quaternary nitrogens is 1. The highest BCUT2D eigenvalue weighted by Gasteiger charge is 2.25. The Labute approximate surface area is 101 Å². The Hall–Kier alpha value is -0.630. The third-order valence-corrected chi connectivity index (χ3v) is 2.99. The SMILES string of the molecule is C=C(C)C(=O)[N+](C)(C)CCCCCCCC. The molecule has 0 spiro atoms. The molecule has 0 aromatic rings. The lowest BCUT2D eigenvalue weighted by atomic mass is 10.1. The zero-order chi connectivity index (χ0) is 12.6. The van der Waals surface area contributed by atoms with E-state index in [0.717, 1.165) is 13.0 Å². The molecule has 0 unspecified atom stereocenters. The Balaban J connectivity index is 3.74. The van der Waals surface area contributed by atoms with Crippen molar-refractivity contribution < 1.29 is 9.28 Å². The van der Waals surface area contributed by atoms with E-state index in [1.54, 1.807) is 6.92 Å². The second-order valence-corrected chi connectivity index (χ2v) is 5.26. The second kappa shape index (κ2) is 7.61. The minimum Gasteiger partial charge on any atom is -0.261 e. The van der Waals surface area contributed by atoms with Gasteiger partial charge in [0.1, 0.15) is 0 Å². The van der Waals surface area contributed by atoms with Crippen LogP contribution in [-0.4, -0.2) is 31.0 Å². The molecule has 2 heteroatoms. The van der Waals surface area contributed by atoms with Gasteiger partial charge >= 0.3 is 5.91 Å². The number of rotatable bonds is 8. The molecular formula is C14H28NO+. The summed E-state index contributed by atoms with van der Waals surface area (Å²) in [5, 5.41) is 0. The molecule has 0 aromatic carbocycles. The lowest BCUT2D eigenvalue weighted by Gasteiger charge is -2.26. The average molecular weight is 226 g/mol. The minimum atomic E-state index is 0.161. The van der Waals surface area contributed by atoms with E-state index in [-0.39, 0.29) is 5.91 Å². The Morgan fingerprint density at radius 1 is 1.06 bits per heavy atom. The second-order valence-electron chi connectivity index (χ2n) is 5.26. The monoisotopic (exact) mass is 226 g/mol. The predicted molar refractivity (Wildman–Crippen MR) is 70.2 cm³/mol. The number of amides is 1. The molecule has 0 rings (SSSR count). The van der Waals surface area contributed by atoms with Gasteiger partial charge in [-0.05, 0) is 19.8 Å². The Kier molecular flexibility index (Phi) is 7.31. The number of carbonyl (C=O) groups is 1. The highest BCUT2D eigenvalue weighted by atomic mass is 16.2. The Bertz CT molecular complexity index is 231.